The molecule has 0 aliphatic carbocycles. The van der Waals surface area contributed by atoms with Gasteiger partial charge < -0.3 is 15.0 Å². The molecule has 1 amide bonds. The Kier molecular flexibility index (Phi) is 3.45. The Balaban J connectivity index is 2.08. The van der Waals surface area contributed by atoms with Crippen molar-refractivity contribution in [2.24, 2.45) is 11.8 Å². The van der Waals surface area contributed by atoms with Crippen molar-refractivity contribution in [3.05, 3.63) is 0 Å². The van der Waals surface area contributed by atoms with Crippen molar-refractivity contribution in [1.82, 2.24) is 10.2 Å². The molecular formula is C14H26N2O2. The van der Waals surface area contributed by atoms with Crippen LogP contribution in [0.3, 0.4) is 0 Å². The van der Waals surface area contributed by atoms with E-state index < -0.39 is 0 Å². The Morgan fingerprint density at radius 1 is 1.44 bits per heavy atom. The predicted molar refractivity (Wildman–Crippen MR) is 71.3 cm³/mol. The number of nitrogens with zero attached hydrogens (tertiary/aromatic N) is 1. The number of likely N-dealkylation sites (tertiary alicyclic amines) is 1. The largest absolute Gasteiger partial charge is 0.378 e. The van der Waals surface area contributed by atoms with Crippen LogP contribution >= 0.6 is 0 Å². The number of hydrogen-bond donors (Lipinski definition) is 1. The zero-order valence-corrected chi connectivity index (χ0v) is 12.2. The second-order valence-corrected chi connectivity index (χ2v) is 6.82. The third-order valence-corrected chi connectivity index (χ3v) is 4.79. The lowest BCUT2D eigenvalue weighted by Crippen LogP contribution is -2.49. The molecule has 2 rings (SSSR count). The van der Waals surface area contributed by atoms with Crippen molar-refractivity contribution in [3.8, 4) is 0 Å². The van der Waals surface area contributed by atoms with Crippen molar-refractivity contribution < 1.29 is 9.53 Å². The van der Waals surface area contributed by atoms with Gasteiger partial charge in [-0.3, -0.25) is 4.79 Å². The molecule has 2 aliphatic rings. The summed E-state index contributed by atoms with van der Waals surface area (Å²) < 4.78 is 5.37. The molecule has 18 heavy (non-hydrogen) atoms. The van der Waals surface area contributed by atoms with E-state index >= 15 is 0 Å². The average Bonchev–Trinajstić information content (AvgIpc) is 2.80. The fourth-order valence-corrected chi connectivity index (χ4v) is 3.38. The highest BCUT2D eigenvalue weighted by Gasteiger charge is 2.51. The molecule has 0 aromatic carbocycles. The van der Waals surface area contributed by atoms with Gasteiger partial charge >= 0.3 is 0 Å². The maximum atomic E-state index is 12.5. The summed E-state index contributed by atoms with van der Waals surface area (Å²) in [5.41, 5.74) is -0.405. The molecule has 2 unspecified atom stereocenters. The predicted octanol–water partition coefficient (Wildman–Crippen LogP) is 1.26. The molecule has 2 saturated heterocycles. The van der Waals surface area contributed by atoms with Gasteiger partial charge in [-0.2, -0.15) is 0 Å². The summed E-state index contributed by atoms with van der Waals surface area (Å²) in [5, 5.41) is 3.44. The molecule has 0 aromatic rings. The molecule has 0 spiro atoms. The molecule has 104 valence electrons. The summed E-state index contributed by atoms with van der Waals surface area (Å²) in [6.07, 6.45) is 0.458. The van der Waals surface area contributed by atoms with Crippen molar-refractivity contribution in [3.63, 3.8) is 0 Å². The van der Waals surface area contributed by atoms with E-state index in [4.69, 9.17) is 4.74 Å². The fourth-order valence-electron chi connectivity index (χ4n) is 3.38. The number of ether oxygens (including phenoxy) is 1. The minimum absolute atomic E-state index is 0.0327. The first-order valence-corrected chi connectivity index (χ1v) is 6.84. The van der Waals surface area contributed by atoms with Gasteiger partial charge in [-0.25, -0.2) is 0 Å². The van der Waals surface area contributed by atoms with Crippen LogP contribution < -0.4 is 5.32 Å². The number of carbonyl (C=O) groups is 1. The highest BCUT2D eigenvalue weighted by molar-refractivity contribution is 5.78. The van der Waals surface area contributed by atoms with Gasteiger partial charge in [-0.1, -0.05) is 0 Å². The number of amides is 1. The molecule has 0 radical (unpaired) electrons. The van der Waals surface area contributed by atoms with Crippen molar-refractivity contribution in [2.45, 2.75) is 45.3 Å². The van der Waals surface area contributed by atoms with E-state index in [0.29, 0.717) is 18.3 Å². The van der Waals surface area contributed by atoms with Gasteiger partial charge in [0.1, 0.15) is 0 Å². The number of nitrogens with one attached hydrogen (secondary N) is 1. The van der Waals surface area contributed by atoms with Gasteiger partial charge in [-0.15, -0.1) is 0 Å². The highest BCUT2D eigenvalue weighted by Crippen LogP contribution is 2.41. The molecule has 4 heteroatoms. The average molecular weight is 254 g/mol. The molecule has 4 nitrogen and oxygen atoms in total. The number of methoxy groups -OCH3 is 1. The van der Waals surface area contributed by atoms with Gasteiger partial charge in [-0.05, 0) is 39.5 Å². The number of hydrogen-bond acceptors (Lipinski definition) is 3. The van der Waals surface area contributed by atoms with Crippen LogP contribution in [0.4, 0.5) is 0 Å². The molecular weight excluding hydrogens is 228 g/mol. The molecule has 1 N–H and O–H groups in total. The van der Waals surface area contributed by atoms with Gasteiger partial charge in [0.25, 0.3) is 0 Å². The molecule has 2 aliphatic heterocycles. The second kappa shape index (κ2) is 4.49. The van der Waals surface area contributed by atoms with E-state index in [-0.39, 0.29) is 17.0 Å². The summed E-state index contributed by atoms with van der Waals surface area (Å²) in [6.45, 7) is 11.3. The Labute approximate surface area is 110 Å². The second-order valence-electron chi connectivity index (χ2n) is 6.82. The van der Waals surface area contributed by atoms with E-state index in [1.165, 1.54) is 0 Å². The Morgan fingerprint density at radius 3 is 2.67 bits per heavy atom. The number of fused-ring (bicyclic) bond motifs is 1. The van der Waals surface area contributed by atoms with Crippen molar-refractivity contribution in [2.75, 3.05) is 26.7 Å². The van der Waals surface area contributed by atoms with Crippen molar-refractivity contribution >= 4 is 5.91 Å². The third kappa shape index (κ3) is 2.28. The molecule has 0 saturated carbocycles. The zero-order chi connectivity index (χ0) is 13.6. The summed E-state index contributed by atoms with van der Waals surface area (Å²) in [6, 6.07) is 0. The van der Waals surface area contributed by atoms with Gasteiger partial charge in [0, 0.05) is 32.3 Å². The molecule has 2 heterocycles. The Hall–Kier alpha value is -0.610. The van der Waals surface area contributed by atoms with Gasteiger partial charge in [0.2, 0.25) is 5.91 Å². The van der Waals surface area contributed by atoms with Gasteiger partial charge in [0.15, 0.2) is 0 Å². The Bertz CT molecular complexity index is 339. The fraction of sp³-hybridized carbons (Fsp3) is 0.929. The standard InChI is InChI=1S/C14H26N2O2/c1-13(2,18-5)6-12(17)16-9-10-7-15-8-11(10)14(16,3)4/h10-11,15H,6-9H2,1-5H3. The summed E-state index contributed by atoms with van der Waals surface area (Å²) in [4.78, 5) is 14.6. The first kappa shape index (κ1) is 13.8. The van der Waals surface area contributed by atoms with Crippen LogP contribution in [-0.4, -0.2) is 48.7 Å². The minimum atomic E-state index is -0.372. The minimum Gasteiger partial charge on any atom is -0.378 e. The molecule has 2 fully saturated rings. The van der Waals surface area contributed by atoms with Crippen LogP contribution in [0, 0.1) is 11.8 Å². The topological polar surface area (TPSA) is 41.6 Å². The third-order valence-electron chi connectivity index (χ3n) is 4.79. The van der Waals surface area contributed by atoms with Crippen LogP contribution in [0.2, 0.25) is 0 Å². The van der Waals surface area contributed by atoms with E-state index in [2.05, 4.69) is 24.1 Å². The monoisotopic (exact) mass is 254 g/mol. The first-order chi connectivity index (χ1) is 8.28. The summed E-state index contributed by atoms with van der Waals surface area (Å²) in [7, 11) is 1.67. The van der Waals surface area contributed by atoms with Crippen LogP contribution in [-0.2, 0) is 9.53 Å². The Morgan fingerprint density at radius 2 is 2.11 bits per heavy atom. The van der Waals surface area contributed by atoms with E-state index in [9.17, 15) is 4.79 Å². The summed E-state index contributed by atoms with van der Waals surface area (Å²) in [5.74, 6) is 1.43. The quantitative estimate of drug-likeness (QED) is 0.824. The SMILES string of the molecule is COC(C)(C)CC(=O)N1CC2CNCC2C1(C)C. The lowest BCUT2D eigenvalue weighted by atomic mass is 9.84. The molecule has 2 atom stereocenters. The van der Waals surface area contributed by atoms with Crippen LogP contribution in [0.25, 0.3) is 0 Å². The molecule has 0 bridgehead atoms. The van der Waals surface area contributed by atoms with E-state index in [1.807, 2.05) is 13.8 Å². The highest BCUT2D eigenvalue weighted by atomic mass is 16.5. The maximum absolute atomic E-state index is 12.5. The lowest BCUT2D eigenvalue weighted by Gasteiger charge is -2.37. The normalized spacial score (nSPS) is 30.6. The number of rotatable bonds is 3. The van der Waals surface area contributed by atoms with E-state index in [0.717, 1.165) is 19.6 Å². The summed E-state index contributed by atoms with van der Waals surface area (Å²) >= 11 is 0. The first-order valence-electron chi connectivity index (χ1n) is 6.84. The van der Waals surface area contributed by atoms with Crippen LogP contribution in [0.5, 0.6) is 0 Å². The van der Waals surface area contributed by atoms with Gasteiger partial charge in [0.05, 0.1) is 12.0 Å². The molecule has 0 aromatic heterocycles. The van der Waals surface area contributed by atoms with Crippen molar-refractivity contribution in [1.29, 1.82) is 0 Å². The van der Waals surface area contributed by atoms with Crippen LogP contribution in [0.1, 0.15) is 34.1 Å². The zero-order valence-electron chi connectivity index (χ0n) is 12.2. The van der Waals surface area contributed by atoms with Crippen LogP contribution in [0.15, 0.2) is 0 Å². The smallest absolute Gasteiger partial charge is 0.225 e. The lowest BCUT2D eigenvalue weighted by molar-refractivity contribution is -0.140. The number of carbonyl (C=O) groups excluding carboxylic acids is 1. The van der Waals surface area contributed by atoms with E-state index in [1.54, 1.807) is 7.11 Å². The maximum Gasteiger partial charge on any atom is 0.225 e.